The van der Waals surface area contributed by atoms with Crippen molar-refractivity contribution in [3.63, 3.8) is 0 Å². The van der Waals surface area contributed by atoms with Crippen LogP contribution in [0.2, 0.25) is 0 Å². The maximum atomic E-state index is 12.3. The molecule has 8 heteroatoms. The van der Waals surface area contributed by atoms with Crippen LogP contribution < -0.4 is 5.32 Å². The van der Waals surface area contributed by atoms with Gasteiger partial charge in [0.25, 0.3) is 5.91 Å². The molecule has 1 N–H and O–H groups in total. The topological polar surface area (TPSA) is 88.6 Å². The largest absolute Gasteiger partial charge is 0.451 e. The maximum absolute atomic E-state index is 12.3. The zero-order chi connectivity index (χ0) is 17.8. The Morgan fingerprint density at radius 3 is 2.80 bits per heavy atom. The van der Waals surface area contributed by atoms with Crippen LogP contribution in [0, 0.1) is 0 Å². The predicted molar refractivity (Wildman–Crippen MR) is 92.3 cm³/mol. The van der Waals surface area contributed by atoms with Crippen molar-refractivity contribution in [1.29, 1.82) is 0 Å². The number of thiazole rings is 1. The number of fused-ring (bicyclic) bond motifs is 1. The fraction of sp³-hybridized carbons (Fsp3) is 0.294. The molecule has 0 bridgehead atoms. The number of ether oxygens (including phenoxy) is 1. The van der Waals surface area contributed by atoms with E-state index in [4.69, 9.17) is 4.74 Å². The molecule has 7 nitrogen and oxygen atoms in total. The molecule has 1 aromatic heterocycles. The lowest BCUT2D eigenvalue weighted by Gasteiger charge is -2.28. The summed E-state index contributed by atoms with van der Waals surface area (Å²) in [6.07, 6.45) is 0.794. The van der Waals surface area contributed by atoms with E-state index in [9.17, 15) is 14.4 Å². The predicted octanol–water partition coefficient (Wildman–Crippen LogP) is 1.84. The molecule has 0 aliphatic carbocycles. The number of hydrogen-bond donors (Lipinski definition) is 1. The van der Waals surface area contributed by atoms with Crippen LogP contribution in [0.5, 0.6) is 0 Å². The zero-order valence-electron chi connectivity index (χ0n) is 13.7. The molecule has 2 amide bonds. The highest BCUT2D eigenvalue weighted by Gasteiger charge is 2.22. The minimum Gasteiger partial charge on any atom is -0.451 e. The van der Waals surface area contributed by atoms with Crippen molar-refractivity contribution >= 4 is 34.3 Å². The van der Waals surface area contributed by atoms with Crippen molar-refractivity contribution in [2.75, 3.05) is 18.5 Å². The Balaban J connectivity index is 1.53. The standard InChI is InChI=1S/C17H17N3O4S/c1-11(21)18-17-19-14(10-25-17)16(23)24-9-15(22)20-7-6-12-4-2-3-5-13(12)8-20/h2-5,10H,6-9H2,1H3,(H,18,19,21). The van der Waals surface area contributed by atoms with E-state index in [2.05, 4.69) is 16.4 Å². The van der Waals surface area contributed by atoms with Crippen LogP contribution in [-0.4, -0.2) is 40.8 Å². The Kier molecular flexibility index (Phi) is 5.08. The van der Waals surface area contributed by atoms with Crippen molar-refractivity contribution in [1.82, 2.24) is 9.88 Å². The second-order valence-electron chi connectivity index (χ2n) is 5.63. The van der Waals surface area contributed by atoms with Gasteiger partial charge < -0.3 is 15.0 Å². The van der Waals surface area contributed by atoms with E-state index in [1.807, 2.05) is 18.2 Å². The van der Waals surface area contributed by atoms with E-state index < -0.39 is 5.97 Å². The van der Waals surface area contributed by atoms with Crippen LogP contribution in [0.4, 0.5) is 5.13 Å². The first kappa shape index (κ1) is 17.1. The molecule has 1 aliphatic heterocycles. The van der Waals surface area contributed by atoms with Gasteiger partial charge in [-0.1, -0.05) is 24.3 Å². The highest BCUT2D eigenvalue weighted by Crippen LogP contribution is 2.19. The van der Waals surface area contributed by atoms with E-state index >= 15 is 0 Å². The van der Waals surface area contributed by atoms with Gasteiger partial charge in [0.2, 0.25) is 5.91 Å². The minimum atomic E-state index is -0.682. The van der Waals surface area contributed by atoms with Gasteiger partial charge in [-0.15, -0.1) is 11.3 Å². The monoisotopic (exact) mass is 359 g/mol. The van der Waals surface area contributed by atoms with Gasteiger partial charge in [0.15, 0.2) is 17.4 Å². The number of benzene rings is 1. The van der Waals surface area contributed by atoms with Gasteiger partial charge >= 0.3 is 5.97 Å². The summed E-state index contributed by atoms with van der Waals surface area (Å²) in [5.41, 5.74) is 2.44. The molecule has 0 saturated heterocycles. The van der Waals surface area contributed by atoms with Crippen molar-refractivity contribution in [2.24, 2.45) is 0 Å². The summed E-state index contributed by atoms with van der Waals surface area (Å²) in [5, 5.41) is 4.29. The van der Waals surface area contributed by atoms with Crippen LogP contribution in [0.15, 0.2) is 29.6 Å². The molecule has 2 heterocycles. The van der Waals surface area contributed by atoms with Gasteiger partial charge in [-0.05, 0) is 17.5 Å². The Hall–Kier alpha value is -2.74. The lowest BCUT2D eigenvalue weighted by Crippen LogP contribution is -2.38. The van der Waals surface area contributed by atoms with Gasteiger partial charge in [-0.25, -0.2) is 9.78 Å². The number of amides is 2. The molecule has 2 aromatic rings. The molecule has 0 atom stereocenters. The minimum absolute atomic E-state index is 0.0746. The van der Waals surface area contributed by atoms with E-state index in [-0.39, 0.29) is 24.1 Å². The molecule has 0 radical (unpaired) electrons. The lowest BCUT2D eigenvalue weighted by molar-refractivity contribution is -0.135. The number of carbonyl (C=O) groups is 3. The van der Waals surface area contributed by atoms with E-state index in [0.29, 0.717) is 18.2 Å². The van der Waals surface area contributed by atoms with Crippen LogP contribution in [0.3, 0.4) is 0 Å². The van der Waals surface area contributed by atoms with E-state index in [1.54, 1.807) is 4.90 Å². The molecular weight excluding hydrogens is 342 g/mol. The van der Waals surface area contributed by atoms with Crippen LogP contribution >= 0.6 is 11.3 Å². The number of rotatable bonds is 4. The number of nitrogens with zero attached hydrogens (tertiary/aromatic N) is 2. The van der Waals surface area contributed by atoms with Gasteiger partial charge in [-0.2, -0.15) is 0 Å². The quantitative estimate of drug-likeness (QED) is 0.842. The third kappa shape index (κ3) is 4.21. The molecule has 0 spiro atoms. The number of aromatic nitrogens is 1. The number of hydrogen-bond acceptors (Lipinski definition) is 6. The SMILES string of the molecule is CC(=O)Nc1nc(C(=O)OCC(=O)N2CCc3ccccc3C2)cs1. The second-order valence-corrected chi connectivity index (χ2v) is 6.49. The Morgan fingerprint density at radius 2 is 2.04 bits per heavy atom. The zero-order valence-corrected chi connectivity index (χ0v) is 14.5. The maximum Gasteiger partial charge on any atom is 0.358 e. The first-order chi connectivity index (χ1) is 12.0. The second kappa shape index (κ2) is 7.43. The molecule has 0 fully saturated rings. The van der Waals surface area contributed by atoms with Gasteiger partial charge in [0, 0.05) is 25.4 Å². The highest BCUT2D eigenvalue weighted by molar-refractivity contribution is 7.14. The Morgan fingerprint density at radius 1 is 1.28 bits per heavy atom. The fourth-order valence-electron chi connectivity index (χ4n) is 2.58. The van der Waals surface area contributed by atoms with Gasteiger partial charge in [0.05, 0.1) is 0 Å². The smallest absolute Gasteiger partial charge is 0.358 e. The van der Waals surface area contributed by atoms with Crippen molar-refractivity contribution in [3.8, 4) is 0 Å². The number of nitrogens with one attached hydrogen (secondary N) is 1. The third-order valence-corrected chi connectivity index (χ3v) is 4.56. The molecule has 130 valence electrons. The summed E-state index contributed by atoms with van der Waals surface area (Å²) in [6, 6.07) is 7.99. The van der Waals surface area contributed by atoms with Crippen molar-refractivity contribution < 1.29 is 19.1 Å². The first-order valence-corrected chi connectivity index (χ1v) is 8.65. The molecule has 0 unspecified atom stereocenters. The average molecular weight is 359 g/mol. The fourth-order valence-corrected chi connectivity index (χ4v) is 3.30. The van der Waals surface area contributed by atoms with Crippen molar-refractivity contribution in [3.05, 3.63) is 46.5 Å². The molecular formula is C17H17N3O4S. The summed E-state index contributed by atoms with van der Waals surface area (Å²) >= 11 is 1.12. The molecule has 3 rings (SSSR count). The van der Waals surface area contributed by atoms with E-state index in [0.717, 1.165) is 23.3 Å². The average Bonchev–Trinajstić information content (AvgIpc) is 3.06. The molecule has 1 aliphatic rings. The number of esters is 1. The molecule has 0 saturated carbocycles. The van der Waals surface area contributed by atoms with E-state index in [1.165, 1.54) is 17.9 Å². The summed E-state index contributed by atoms with van der Waals surface area (Å²) < 4.78 is 5.05. The normalized spacial score (nSPS) is 13.1. The third-order valence-electron chi connectivity index (χ3n) is 3.81. The lowest BCUT2D eigenvalue weighted by atomic mass is 10.00. The van der Waals surface area contributed by atoms with Crippen LogP contribution in [-0.2, 0) is 27.3 Å². The summed E-state index contributed by atoms with van der Waals surface area (Å²) in [7, 11) is 0. The number of anilines is 1. The van der Waals surface area contributed by atoms with Gasteiger partial charge in [0.1, 0.15) is 0 Å². The summed E-state index contributed by atoms with van der Waals surface area (Å²) in [4.78, 5) is 40.8. The number of carbonyl (C=O) groups excluding carboxylic acids is 3. The first-order valence-electron chi connectivity index (χ1n) is 7.77. The summed E-state index contributed by atoms with van der Waals surface area (Å²) in [6.45, 7) is 2.16. The van der Waals surface area contributed by atoms with Crippen LogP contribution in [0.25, 0.3) is 0 Å². The van der Waals surface area contributed by atoms with Gasteiger partial charge in [-0.3, -0.25) is 9.59 Å². The summed E-state index contributed by atoms with van der Waals surface area (Å²) in [5.74, 6) is -1.19. The van der Waals surface area contributed by atoms with Crippen LogP contribution in [0.1, 0.15) is 28.5 Å². The highest BCUT2D eigenvalue weighted by atomic mass is 32.1. The van der Waals surface area contributed by atoms with Crippen molar-refractivity contribution in [2.45, 2.75) is 19.9 Å². The molecule has 25 heavy (non-hydrogen) atoms. The Bertz CT molecular complexity index is 818. The Labute approximate surface area is 148 Å². The molecule has 1 aromatic carbocycles.